The van der Waals surface area contributed by atoms with Gasteiger partial charge in [-0.3, -0.25) is 19.2 Å². The number of Topliss-reactive ketones (excluding diaryl/α,β-unsaturated/α-hetero) is 3. The SMILES string of the molecule is CC(=O)CCC(NC(=O)[C@H](C)CC(=O)[C@H](Cc1ccccc1)NC(=O)C1(CC(=O)c2ccc(-c3ccccc3)cc2)CC1)C(O)C(F)(F)F. The van der Waals surface area contributed by atoms with Crippen molar-refractivity contribution in [1.29, 1.82) is 0 Å². The summed E-state index contributed by atoms with van der Waals surface area (Å²) in [5, 5.41) is 14.8. The first-order valence-corrected chi connectivity index (χ1v) is 16.3. The molecule has 11 heteroatoms. The molecule has 3 aromatic carbocycles. The number of aliphatic hydroxyl groups excluding tert-OH is 1. The lowest BCUT2D eigenvalue weighted by Gasteiger charge is -2.27. The number of benzene rings is 3. The molecular formula is C38H41F3N2O6. The molecular weight excluding hydrogens is 637 g/mol. The highest BCUT2D eigenvalue weighted by atomic mass is 19.4. The van der Waals surface area contributed by atoms with Crippen LogP contribution in [0, 0.1) is 11.3 Å². The zero-order valence-electron chi connectivity index (χ0n) is 27.5. The van der Waals surface area contributed by atoms with Crippen LogP contribution in [0.2, 0.25) is 0 Å². The van der Waals surface area contributed by atoms with Gasteiger partial charge in [0.1, 0.15) is 5.78 Å². The van der Waals surface area contributed by atoms with Crippen LogP contribution in [0.3, 0.4) is 0 Å². The summed E-state index contributed by atoms with van der Waals surface area (Å²) in [5.74, 6) is -3.60. The first-order chi connectivity index (χ1) is 23.2. The van der Waals surface area contributed by atoms with Gasteiger partial charge in [-0.2, -0.15) is 13.2 Å². The van der Waals surface area contributed by atoms with E-state index in [-0.39, 0.29) is 25.0 Å². The first-order valence-electron chi connectivity index (χ1n) is 16.3. The van der Waals surface area contributed by atoms with Crippen LogP contribution in [-0.4, -0.2) is 58.6 Å². The van der Waals surface area contributed by atoms with Gasteiger partial charge < -0.3 is 20.5 Å². The van der Waals surface area contributed by atoms with Crippen LogP contribution in [0.4, 0.5) is 13.2 Å². The fraction of sp³-hybridized carbons (Fsp3) is 0.395. The molecule has 2 unspecified atom stereocenters. The molecule has 0 spiro atoms. The maximum absolute atomic E-state index is 13.6. The number of hydrogen-bond donors (Lipinski definition) is 3. The molecule has 1 fully saturated rings. The third kappa shape index (κ3) is 10.4. The number of carbonyl (C=O) groups excluding carboxylic acids is 5. The first kappa shape index (κ1) is 37.2. The van der Waals surface area contributed by atoms with Gasteiger partial charge in [-0.05, 0) is 49.3 Å². The van der Waals surface area contributed by atoms with Gasteiger partial charge in [0.2, 0.25) is 11.8 Å². The minimum absolute atomic E-state index is 0.0439. The second kappa shape index (κ2) is 16.2. The predicted octanol–water partition coefficient (Wildman–Crippen LogP) is 5.81. The Morgan fingerprint density at radius 2 is 1.41 bits per heavy atom. The third-order valence-electron chi connectivity index (χ3n) is 8.93. The number of nitrogens with one attached hydrogen (secondary N) is 2. The van der Waals surface area contributed by atoms with Crippen molar-refractivity contribution in [3.63, 3.8) is 0 Å². The van der Waals surface area contributed by atoms with Crippen LogP contribution in [0.25, 0.3) is 11.1 Å². The molecule has 0 aliphatic heterocycles. The lowest BCUT2D eigenvalue weighted by atomic mass is 9.91. The van der Waals surface area contributed by atoms with Gasteiger partial charge in [-0.15, -0.1) is 0 Å². The lowest BCUT2D eigenvalue weighted by molar-refractivity contribution is -0.213. The van der Waals surface area contributed by atoms with Gasteiger partial charge in [-0.25, -0.2) is 0 Å². The minimum atomic E-state index is -5.04. The highest BCUT2D eigenvalue weighted by Crippen LogP contribution is 2.50. The van der Waals surface area contributed by atoms with Crippen molar-refractivity contribution in [3.05, 3.63) is 96.1 Å². The summed E-state index contributed by atoms with van der Waals surface area (Å²) < 4.78 is 39.8. The molecule has 8 nitrogen and oxygen atoms in total. The third-order valence-corrected chi connectivity index (χ3v) is 8.93. The van der Waals surface area contributed by atoms with E-state index in [1.54, 1.807) is 42.5 Å². The van der Waals surface area contributed by atoms with Gasteiger partial charge in [0, 0.05) is 30.7 Å². The van der Waals surface area contributed by atoms with Crippen molar-refractivity contribution in [2.45, 2.75) is 83.2 Å². The van der Waals surface area contributed by atoms with Crippen LogP contribution >= 0.6 is 0 Å². The molecule has 1 saturated carbocycles. The Labute approximate surface area is 283 Å². The zero-order chi connectivity index (χ0) is 35.8. The molecule has 3 N–H and O–H groups in total. The predicted molar refractivity (Wildman–Crippen MR) is 177 cm³/mol. The fourth-order valence-corrected chi connectivity index (χ4v) is 5.69. The molecule has 0 aromatic heterocycles. The molecule has 2 amide bonds. The van der Waals surface area contributed by atoms with Crippen LogP contribution in [0.5, 0.6) is 0 Å². The molecule has 0 heterocycles. The van der Waals surface area contributed by atoms with E-state index in [0.717, 1.165) is 16.7 Å². The van der Waals surface area contributed by atoms with Gasteiger partial charge in [0.15, 0.2) is 17.7 Å². The van der Waals surface area contributed by atoms with Gasteiger partial charge in [0.05, 0.1) is 17.5 Å². The topological polar surface area (TPSA) is 130 Å². The summed E-state index contributed by atoms with van der Waals surface area (Å²) in [6.07, 6.45) is -8.11. The van der Waals surface area contributed by atoms with Crippen molar-refractivity contribution in [3.8, 4) is 11.1 Å². The smallest absolute Gasteiger partial charge is 0.382 e. The second-order valence-corrected chi connectivity index (χ2v) is 13.0. The Morgan fingerprint density at radius 3 is 1.96 bits per heavy atom. The summed E-state index contributed by atoms with van der Waals surface area (Å²) in [4.78, 5) is 64.8. The van der Waals surface area contributed by atoms with E-state index < -0.39 is 71.9 Å². The number of aliphatic hydroxyl groups is 1. The van der Waals surface area contributed by atoms with Crippen LogP contribution in [-0.2, 0) is 25.6 Å². The van der Waals surface area contributed by atoms with Gasteiger partial charge in [0.25, 0.3) is 0 Å². The lowest BCUT2D eigenvalue weighted by Crippen LogP contribution is -2.52. The summed E-state index contributed by atoms with van der Waals surface area (Å²) in [5.41, 5.74) is 2.17. The molecule has 0 bridgehead atoms. The molecule has 0 radical (unpaired) electrons. The van der Waals surface area contributed by atoms with Crippen LogP contribution in [0.1, 0.15) is 68.3 Å². The van der Waals surface area contributed by atoms with Crippen molar-refractivity contribution in [1.82, 2.24) is 10.6 Å². The number of rotatable bonds is 17. The molecule has 4 atom stereocenters. The number of hydrogen-bond acceptors (Lipinski definition) is 6. The van der Waals surface area contributed by atoms with E-state index in [1.807, 2.05) is 42.5 Å². The number of amides is 2. The average Bonchev–Trinajstić information content (AvgIpc) is 3.86. The largest absolute Gasteiger partial charge is 0.416 e. The van der Waals surface area contributed by atoms with Crippen LogP contribution < -0.4 is 10.6 Å². The molecule has 1 aliphatic carbocycles. The highest BCUT2D eigenvalue weighted by Gasteiger charge is 2.52. The Balaban J connectivity index is 1.43. The van der Waals surface area contributed by atoms with Crippen LogP contribution in [0.15, 0.2) is 84.9 Å². The zero-order valence-corrected chi connectivity index (χ0v) is 27.5. The van der Waals surface area contributed by atoms with Crippen molar-refractivity contribution in [2.75, 3.05) is 0 Å². The Hall–Kier alpha value is -4.64. The standard InChI is InChI=1S/C38H41F3N2O6/c1-24(35(48)42-30(18-13-25(2)44)34(47)38(39,40)41)21-32(45)31(22-26-9-5-3-6-10-26)43-36(49)37(19-20-37)23-33(46)29-16-14-28(15-17-29)27-11-7-4-8-12-27/h3-12,14-17,24,30-31,34,47H,13,18-23H2,1-2H3,(H,42,48)(H,43,49)/t24-,30?,31+,34?/m1/s1. The minimum Gasteiger partial charge on any atom is -0.382 e. The Kier molecular flexibility index (Phi) is 12.3. The van der Waals surface area contributed by atoms with E-state index in [0.29, 0.717) is 18.4 Å². The Bertz CT molecular complexity index is 1620. The van der Waals surface area contributed by atoms with Crippen molar-refractivity contribution in [2.24, 2.45) is 11.3 Å². The maximum Gasteiger partial charge on any atom is 0.416 e. The normalized spacial score (nSPS) is 16.0. The number of halogens is 3. The van der Waals surface area contributed by atoms with E-state index >= 15 is 0 Å². The highest BCUT2D eigenvalue weighted by molar-refractivity contribution is 6.02. The van der Waals surface area contributed by atoms with E-state index in [4.69, 9.17) is 0 Å². The van der Waals surface area contributed by atoms with Crippen molar-refractivity contribution >= 4 is 29.2 Å². The molecule has 260 valence electrons. The average molecular weight is 679 g/mol. The Morgan fingerprint density at radius 1 is 0.837 bits per heavy atom. The molecule has 3 aromatic rings. The molecule has 4 rings (SSSR count). The summed E-state index contributed by atoms with van der Waals surface area (Å²) in [7, 11) is 0. The van der Waals surface area contributed by atoms with Gasteiger partial charge >= 0.3 is 6.18 Å². The molecule has 0 saturated heterocycles. The quantitative estimate of drug-likeness (QED) is 0.155. The van der Waals surface area contributed by atoms with E-state index in [1.165, 1.54) is 13.8 Å². The van der Waals surface area contributed by atoms with E-state index in [2.05, 4.69) is 10.6 Å². The summed E-state index contributed by atoms with van der Waals surface area (Å²) >= 11 is 0. The molecule has 49 heavy (non-hydrogen) atoms. The number of carbonyl (C=O) groups is 5. The monoisotopic (exact) mass is 678 g/mol. The van der Waals surface area contributed by atoms with Gasteiger partial charge in [-0.1, -0.05) is 91.9 Å². The maximum atomic E-state index is 13.6. The summed E-state index contributed by atoms with van der Waals surface area (Å²) in [6, 6.07) is 22.9. The van der Waals surface area contributed by atoms with Crippen molar-refractivity contribution < 1.29 is 42.3 Å². The van der Waals surface area contributed by atoms with E-state index in [9.17, 15) is 42.3 Å². The summed E-state index contributed by atoms with van der Waals surface area (Å²) in [6.45, 7) is 2.55. The number of ketones is 3. The number of alkyl halides is 3. The fourth-order valence-electron chi connectivity index (χ4n) is 5.69. The molecule has 1 aliphatic rings. The second-order valence-electron chi connectivity index (χ2n) is 13.0.